The maximum absolute atomic E-state index is 12.6. The summed E-state index contributed by atoms with van der Waals surface area (Å²) in [5.41, 5.74) is 4.10. The Morgan fingerprint density at radius 1 is 1.43 bits per heavy atom. The van der Waals surface area contributed by atoms with Crippen LogP contribution in [-0.2, 0) is 6.42 Å². The number of aryl methyl sites for hydroxylation is 1. The normalized spacial score (nSPS) is 16.3. The molecule has 0 atom stereocenters. The number of amides is 1. The standard InChI is InChI=1S/C16H26N4O/c1-4-14-9-13(10-15(18-14)19-17)16(21)20-7-5-12(6-8-20)11(2)3/h9-12H,4-8,17H2,1-3H3,(H,18,19). The van der Waals surface area contributed by atoms with Crippen molar-refractivity contribution in [2.45, 2.75) is 40.0 Å². The van der Waals surface area contributed by atoms with Gasteiger partial charge in [-0.25, -0.2) is 10.8 Å². The zero-order valence-corrected chi connectivity index (χ0v) is 13.2. The van der Waals surface area contributed by atoms with Crippen LogP contribution >= 0.6 is 0 Å². The van der Waals surface area contributed by atoms with Crippen molar-refractivity contribution in [1.29, 1.82) is 0 Å². The summed E-state index contributed by atoms with van der Waals surface area (Å²) in [6.07, 6.45) is 2.97. The van der Waals surface area contributed by atoms with Gasteiger partial charge < -0.3 is 10.3 Å². The van der Waals surface area contributed by atoms with E-state index in [9.17, 15) is 4.79 Å². The van der Waals surface area contributed by atoms with E-state index in [1.54, 1.807) is 6.07 Å². The number of aromatic nitrogens is 1. The molecule has 1 amide bonds. The minimum Gasteiger partial charge on any atom is -0.339 e. The molecule has 0 spiro atoms. The molecule has 2 heterocycles. The highest BCUT2D eigenvalue weighted by molar-refractivity contribution is 5.95. The van der Waals surface area contributed by atoms with Crippen LogP contribution in [0.5, 0.6) is 0 Å². The number of anilines is 1. The minimum absolute atomic E-state index is 0.0887. The number of nitrogens with two attached hydrogens (primary N) is 1. The van der Waals surface area contributed by atoms with E-state index in [0.717, 1.165) is 44.0 Å². The number of hydrogen-bond donors (Lipinski definition) is 2. The average molecular weight is 290 g/mol. The van der Waals surface area contributed by atoms with Gasteiger partial charge in [0.15, 0.2) is 0 Å². The third-order valence-electron chi connectivity index (χ3n) is 4.41. The van der Waals surface area contributed by atoms with Crippen molar-refractivity contribution >= 4 is 11.7 Å². The van der Waals surface area contributed by atoms with Gasteiger partial charge in [0, 0.05) is 24.3 Å². The van der Waals surface area contributed by atoms with E-state index >= 15 is 0 Å². The molecule has 5 heteroatoms. The van der Waals surface area contributed by atoms with Gasteiger partial charge in [0.2, 0.25) is 0 Å². The minimum atomic E-state index is 0.0887. The van der Waals surface area contributed by atoms with Gasteiger partial charge in [-0.15, -0.1) is 0 Å². The molecule has 0 radical (unpaired) electrons. The van der Waals surface area contributed by atoms with E-state index in [-0.39, 0.29) is 5.91 Å². The van der Waals surface area contributed by atoms with Gasteiger partial charge in [0.1, 0.15) is 5.82 Å². The van der Waals surface area contributed by atoms with Gasteiger partial charge >= 0.3 is 0 Å². The average Bonchev–Trinajstić information content (AvgIpc) is 2.53. The molecule has 1 fully saturated rings. The maximum atomic E-state index is 12.6. The molecule has 0 saturated carbocycles. The topological polar surface area (TPSA) is 71.2 Å². The third kappa shape index (κ3) is 3.73. The summed E-state index contributed by atoms with van der Waals surface area (Å²) in [6, 6.07) is 3.60. The first-order chi connectivity index (χ1) is 10.0. The number of nitrogens with one attached hydrogen (secondary N) is 1. The van der Waals surface area contributed by atoms with Crippen LogP contribution in [-0.4, -0.2) is 28.9 Å². The van der Waals surface area contributed by atoms with Gasteiger partial charge in [0.05, 0.1) is 0 Å². The Bertz CT molecular complexity index is 471. The summed E-state index contributed by atoms with van der Waals surface area (Å²) >= 11 is 0. The monoisotopic (exact) mass is 290 g/mol. The zero-order valence-electron chi connectivity index (χ0n) is 13.2. The molecule has 116 valence electrons. The summed E-state index contributed by atoms with van der Waals surface area (Å²) in [5, 5.41) is 0. The lowest BCUT2D eigenvalue weighted by Gasteiger charge is -2.34. The first-order valence-corrected chi connectivity index (χ1v) is 7.82. The number of piperidine rings is 1. The Morgan fingerprint density at radius 2 is 2.10 bits per heavy atom. The predicted octanol–water partition coefficient (Wildman–Crippen LogP) is 2.44. The van der Waals surface area contributed by atoms with Crippen molar-refractivity contribution in [2.75, 3.05) is 18.5 Å². The smallest absolute Gasteiger partial charge is 0.254 e. The second-order valence-electron chi connectivity index (χ2n) is 6.10. The number of rotatable bonds is 4. The lowest BCUT2D eigenvalue weighted by atomic mass is 9.86. The fraction of sp³-hybridized carbons (Fsp3) is 0.625. The third-order valence-corrected chi connectivity index (χ3v) is 4.41. The van der Waals surface area contributed by atoms with Gasteiger partial charge in [-0.05, 0) is 43.2 Å². The van der Waals surface area contributed by atoms with Crippen LogP contribution in [0.1, 0.15) is 49.7 Å². The predicted molar refractivity (Wildman–Crippen MR) is 84.9 cm³/mol. The van der Waals surface area contributed by atoms with E-state index < -0.39 is 0 Å². The second-order valence-corrected chi connectivity index (χ2v) is 6.10. The van der Waals surface area contributed by atoms with Gasteiger partial charge in [-0.3, -0.25) is 4.79 Å². The van der Waals surface area contributed by atoms with Gasteiger partial charge in [-0.1, -0.05) is 20.8 Å². The number of nitrogen functional groups attached to an aromatic ring is 1. The largest absolute Gasteiger partial charge is 0.339 e. The van der Waals surface area contributed by atoms with Crippen molar-refractivity contribution in [3.05, 3.63) is 23.4 Å². The molecule has 1 aliphatic heterocycles. The second kappa shape index (κ2) is 6.89. The Balaban J connectivity index is 2.10. The molecule has 3 N–H and O–H groups in total. The molecule has 1 aromatic heterocycles. The van der Waals surface area contributed by atoms with E-state index in [2.05, 4.69) is 24.3 Å². The molecule has 0 bridgehead atoms. The number of likely N-dealkylation sites (tertiary alicyclic amines) is 1. The van der Waals surface area contributed by atoms with Crippen LogP contribution in [0.2, 0.25) is 0 Å². The van der Waals surface area contributed by atoms with Crippen LogP contribution < -0.4 is 11.3 Å². The molecule has 0 aliphatic carbocycles. The fourth-order valence-corrected chi connectivity index (χ4v) is 2.92. The van der Waals surface area contributed by atoms with Crippen molar-refractivity contribution in [1.82, 2.24) is 9.88 Å². The Hall–Kier alpha value is -1.62. The summed E-state index contributed by atoms with van der Waals surface area (Å²) in [7, 11) is 0. The van der Waals surface area contributed by atoms with E-state index in [4.69, 9.17) is 5.84 Å². The summed E-state index contributed by atoms with van der Waals surface area (Å²) in [5.74, 6) is 7.51. The molecule has 1 aliphatic rings. The molecule has 1 aromatic rings. The van der Waals surface area contributed by atoms with Crippen molar-refractivity contribution in [3.63, 3.8) is 0 Å². The summed E-state index contributed by atoms with van der Waals surface area (Å²) < 4.78 is 0. The van der Waals surface area contributed by atoms with Crippen molar-refractivity contribution < 1.29 is 4.79 Å². The zero-order chi connectivity index (χ0) is 15.4. The van der Waals surface area contributed by atoms with Crippen LogP contribution in [0.25, 0.3) is 0 Å². The fourth-order valence-electron chi connectivity index (χ4n) is 2.92. The number of hydrogen-bond acceptors (Lipinski definition) is 4. The maximum Gasteiger partial charge on any atom is 0.254 e. The lowest BCUT2D eigenvalue weighted by Crippen LogP contribution is -2.39. The Labute approximate surface area is 126 Å². The van der Waals surface area contributed by atoms with Crippen LogP contribution in [0.3, 0.4) is 0 Å². The summed E-state index contributed by atoms with van der Waals surface area (Å²) in [6.45, 7) is 8.23. The lowest BCUT2D eigenvalue weighted by molar-refractivity contribution is 0.0667. The molecule has 21 heavy (non-hydrogen) atoms. The number of carbonyl (C=O) groups is 1. The van der Waals surface area contributed by atoms with Crippen molar-refractivity contribution in [2.24, 2.45) is 17.7 Å². The number of pyridine rings is 1. The first kappa shape index (κ1) is 15.8. The van der Waals surface area contributed by atoms with E-state index in [1.807, 2.05) is 17.9 Å². The highest BCUT2D eigenvalue weighted by Crippen LogP contribution is 2.25. The highest BCUT2D eigenvalue weighted by Gasteiger charge is 2.25. The van der Waals surface area contributed by atoms with E-state index in [1.165, 1.54) is 0 Å². The highest BCUT2D eigenvalue weighted by atomic mass is 16.2. The molecule has 2 rings (SSSR count). The molecule has 0 aromatic carbocycles. The summed E-state index contributed by atoms with van der Waals surface area (Å²) in [4.78, 5) is 18.9. The SMILES string of the molecule is CCc1cc(C(=O)N2CCC(C(C)C)CC2)cc(NN)n1. The van der Waals surface area contributed by atoms with Crippen molar-refractivity contribution in [3.8, 4) is 0 Å². The quantitative estimate of drug-likeness (QED) is 0.660. The van der Waals surface area contributed by atoms with Crippen LogP contribution in [0.4, 0.5) is 5.82 Å². The number of nitrogens with zero attached hydrogens (tertiary/aromatic N) is 2. The van der Waals surface area contributed by atoms with Crippen LogP contribution in [0, 0.1) is 11.8 Å². The van der Waals surface area contributed by atoms with E-state index in [0.29, 0.717) is 17.3 Å². The molecule has 1 saturated heterocycles. The van der Waals surface area contributed by atoms with Gasteiger partial charge in [-0.2, -0.15) is 0 Å². The number of carbonyl (C=O) groups excluding carboxylic acids is 1. The first-order valence-electron chi connectivity index (χ1n) is 7.82. The molecule has 0 unspecified atom stereocenters. The van der Waals surface area contributed by atoms with Crippen LogP contribution in [0.15, 0.2) is 12.1 Å². The molecular formula is C16H26N4O. The molecule has 5 nitrogen and oxygen atoms in total. The number of hydrazine groups is 1. The molecular weight excluding hydrogens is 264 g/mol. The Kier molecular flexibility index (Phi) is 5.17. The van der Waals surface area contributed by atoms with Gasteiger partial charge in [0.25, 0.3) is 5.91 Å². The Morgan fingerprint density at radius 3 is 2.62 bits per heavy atom.